The third-order valence-electron chi connectivity index (χ3n) is 9.97. The third kappa shape index (κ3) is 13.9. The van der Waals surface area contributed by atoms with Crippen molar-refractivity contribution in [2.24, 2.45) is 23.7 Å². The van der Waals surface area contributed by atoms with E-state index in [-0.39, 0.29) is 24.7 Å². The average Bonchev–Trinajstić information content (AvgIpc) is 3.37. The van der Waals surface area contributed by atoms with Crippen molar-refractivity contribution in [2.75, 3.05) is 19.8 Å². The van der Waals surface area contributed by atoms with Gasteiger partial charge in [0.25, 0.3) is 0 Å². The first-order valence-electron chi connectivity index (χ1n) is 19.2. The normalized spacial score (nSPS) is 29.9. The fraction of sp³-hybridized carbons (Fsp3) is 0.842. The number of rotatable bonds is 21. The van der Waals surface area contributed by atoms with Crippen molar-refractivity contribution in [3.63, 3.8) is 0 Å². The highest BCUT2D eigenvalue weighted by Crippen LogP contribution is 2.39. The smallest absolute Gasteiger partial charge is 0.309 e. The number of aliphatic hydroxyl groups excluding tert-OH is 2. The highest BCUT2D eigenvalue weighted by molar-refractivity contribution is 5.73. The van der Waals surface area contributed by atoms with Crippen LogP contribution < -0.4 is 0 Å². The molecule has 0 aromatic heterocycles. The maximum atomic E-state index is 13.5. The molecule has 2 aliphatic heterocycles. The Morgan fingerprint density at radius 1 is 0.636 bits per heavy atom. The van der Waals surface area contributed by atoms with Gasteiger partial charge in [-0.15, -0.1) is 0 Å². The second-order valence-electron chi connectivity index (χ2n) is 14.6. The van der Waals surface area contributed by atoms with Crippen LogP contribution in [0.25, 0.3) is 0 Å². The van der Waals surface area contributed by atoms with Crippen LogP contribution in [0.3, 0.4) is 0 Å². The summed E-state index contributed by atoms with van der Waals surface area (Å²) in [6.45, 7) is 14.4. The van der Waals surface area contributed by atoms with Crippen LogP contribution in [0.5, 0.6) is 0 Å². The Morgan fingerprint density at radius 3 is 1.62 bits per heavy atom. The minimum absolute atomic E-state index is 0.0373. The molecule has 0 amide bonds. The van der Waals surface area contributed by atoms with Crippen LogP contribution in [0.15, 0.2) is 0 Å². The van der Waals surface area contributed by atoms with E-state index in [0.29, 0.717) is 25.7 Å². The molecule has 2 N–H and O–H groups in total. The second-order valence-corrected chi connectivity index (χ2v) is 14.6. The standard InChI is InChI=1S/C38H62O17/c1-11-20(5)15-28(41)51-31-27(18-48-25(10)40)50-37(33(53-36(46)23(8)14-4)32(31)52-29(42)16-21(6)12-2)55-38(19-49-35(45)22(7)13-3)34(44)30(43)26(54-38)17-47-24(9)39/h20-23,26-27,30-34,37,43-44H,11-19H2,1-10H3/t20?,21?,22?,23?,26-,27-,30-,31-,32+,33-,34+,37-,38+/m1/s1. The molecule has 17 heteroatoms. The SMILES string of the molecule is CCC(C)CC(=O)O[C@@H]1[C@@H](OC(=O)C(C)CC)[C@@H](O[C@]2(COC(=O)C(C)CC)O[C@H](COC(C)=O)[C@@H](O)[C@@H]2O)O[C@H](COC(C)=O)[C@H]1OC(=O)CC(C)CC. The Bertz CT molecular complexity index is 1290. The summed E-state index contributed by atoms with van der Waals surface area (Å²) in [6, 6.07) is 0. The molecule has 0 aromatic rings. The zero-order valence-corrected chi connectivity index (χ0v) is 33.8. The maximum absolute atomic E-state index is 13.5. The molecular formula is C38H62O17. The number of hydrogen-bond donors (Lipinski definition) is 2. The number of hydrogen-bond acceptors (Lipinski definition) is 17. The van der Waals surface area contributed by atoms with Gasteiger partial charge in [-0.2, -0.15) is 0 Å². The molecule has 0 radical (unpaired) electrons. The molecule has 0 aromatic carbocycles. The molecule has 0 spiro atoms. The molecule has 17 nitrogen and oxygen atoms in total. The number of carbonyl (C=O) groups is 6. The quantitative estimate of drug-likeness (QED) is 0.126. The number of aliphatic hydroxyl groups is 2. The summed E-state index contributed by atoms with van der Waals surface area (Å²) < 4.78 is 52.2. The van der Waals surface area contributed by atoms with E-state index in [1.807, 2.05) is 27.7 Å². The molecule has 2 fully saturated rings. The summed E-state index contributed by atoms with van der Waals surface area (Å²) in [6.07, 6.45) is -11.6. The molecule has 4 unspecified atom stereocenters. The van der Waals surface area contributed by atoms with Gasteiger partial charge in [-0.3, -0.25) is 28.8 Å². The van der Waals surface area contributed by atoms with Crippen LogP contribution in [0.2, 0.25) is 0 Å². The van der Waals surface area contributed by atoms with Crippen molar-refractivity contribution in [1.82, 2.24) is 0 Å². The van der Waals surface area contributed by atoms with E-state index in [4.69, 9.17) is 42.6 Å². The summed E-state index contributed by atoms with van der Waals surface area (Å²) in [5.41, 5.74) is 0. The first-order chi connectivity index (χ1) is 25.8. The first kappa shape index (κ1) is 47.8. The van der Waals surface area contributed by atoms with E-state index in [1.165, 1.54) is 0 Å². The van der Waals surface area contributed by atoms with Gasteiger partial charge in [0.15, 0.2) is 18.3 Å². The zero-order chi connectivity index (χ0) is 41.6. The number of esters is 6. The molecule has 2 saturated heterocycles. The lowest BCUT2D eigenvalue weighted by molar-refractivity contribution is -0.384. The van der Waals surface area contributed by atoms with Crippen LogP contribution in [-0.4, -0.2) is 121 Å². The lowest BCUT2D eigenvalue weighted by atomic mass is 9.96. The third-order valence-corrected chi connectivity index (χ3v) is 9.97. The van der Waals surface area contributed by atoms with Crippen molar-refractivity contribution >= 4 is 35.8 Å². The summed E-state index contributed by atoms with van der Waals surface area (Å²) in [5.74, 6) is -8.40. The molecule has 0 aliphatic carbocycles. The molecule has 13 atom stereocenters. The highest BCUT2D eigenvalue weighted by Gasteiger charge is 2.62. The predicted octanol–water partition coefficient (Wildman–Crippen LogP) is 2.91. The van der Waals surface area contributed by atoms with Gasteiger partial charge in [0.2, 0.25) is 12.1 Å². The Balaban J connectivity index is 2.80. The fourth-order valence-electron chi connectivity index (χ4n) is 5.50. The lowest BCUT2D eigenvalue weighted by Gasteiger charge is -2.46. The van der Waals surface area contributed by atoms with Gasteiger partial charge in [0, 0.05) is 26.7 Å². The van der Waals surface area contributed by atoms with Gasteiger partial charge in [0.05, 0.1) is 11.8 Å². The van der Waals surface area contributed by atoms with E-state index >= 15 is 0 Å². The summed E-state index contributed by atoms with van der Waals surface area (Å²) in [4.78, 5) is 77.0. The lowest BCUT2D eigenvalue weighted by Crippen LogP contribution is -2.65. The predicted molar refractivity (Wildman–Crippen MR) is 190 cm³/mol. The van der Waals surface area contributed by atoms with E-state index in [9.17, 15) is 39.0 Å². The Labute approximate surface area is 323 Å². The summed E-state index contributed by atoms with van der Waals surface area (Å²) in [7, 11) is 0. The molecule has 2 aliphatic rings. The Hall–Kier alpha value is -3.38. The molecule has 55 heavy (non-hydrogen) atoms. The molecular weight excluding hydrogens is 728 g/mol. The monoisotopic (exact) mass is 790 g/mol. The fourth-order valence-corrected chi connectivity index (χ4v) is 5.50. The van der Waals surface area contributed by atoms with Crippen molar-refractivity contribution in [3.8, 4) is 0 Å². The van der Waals surface area contributed by atoms with E-state index < -0.39 is 122 Å². The van der Waals surface area contributed by atoms with Gasteiger partial charge in [0.1, 0.15) is 44.2 Å². The Kier molecular flexibility index (Phi) is 19.4. The Morgan fingerprint density at radius 2 is 1.13 bits per heavy atom. The number of ether oxygens (including phenoxy) is 9. The molecule has 316 valence electrons. The van der Waals surface area contributed by atoms with Crippen molar-refractivity contribution in [3.05, 3.63) is 0 Å². The van der Waals surface area contributed by atoms with Crippen LogP contribution in [0.4, 0.5) is 0 Å². The molecule has 2 heterocycles. The summed E-state index contributed by atoms with van der Waals surface area (Å²) >= 11 is 0. The molecule has 0 saturated carbocycles. The van der Waals surface area contributed by atoms with E-state index in [2.05, 4.69) is 0 Å². The minimum atomic E-state index is -2.48. The minimum Gasteiger partial charge on any atom is -0.463 e. The van der Waals surface area contributed by atoms with Crippen molar-refractivity contribution in [1.29, 1.82) is 0 Å². The van der Waals surface area contributed by atoms with Gasteiger partial charge in [-0.05, 0) is 24.7 Å². The van der Waals surface area contributed by atoms with Gasteiger partial charge in [-0.1, -0.05) is 68.2 Å². The van der Waals surface area contributed by atoms with Crippen LogP contribution in [0.1, 0.15) is 108 Å². The van der Waals surface area contributed by atoms with Gasteiger partial charge in [-0.25, -0.2) is 0 Å². The van der Waals surface area contributed by atoms with Crippen molar-refractivity contribution in [2.45, 2.75) is 163 Å². The van der Waals surface area contributed by atoms with Crippen LogP contribution >= 0.6 is 0 Å². The topological polar surface area (TPSA) is 226 Å². The van der Waals surface area contributed by atoms with Crippen LogP contribution in [0, 0.1) is 23.7 Å². The van der Waals surface area contributed by atoms with E-state index in [0.717, 1.165) is 13.8 Å². The maximum Gasteiger partial charge on any atom is 0.309 e. The summed E-state index contributed by atoms with van der Waals surface area (Å²) in [5, 5.41) is 22.6. The van der Waals surface area contributed by atoms with Crippen LogP contribution in [-0.2, 0) is 71.4 Å². The van der Waals surface area contributed by atoms with E-state index in [1.54, 1.807) is 27.7 Å². The average molecular weight is 791 g/mol. The zero-order valence-electron chi connectivity index (χ0n) is 33.8. The number of carbonyl (C=O) groups excluding carboxylic acids is 6. The largest absolute Gasteiger partial charge is 0.463 e. The molecule has 2 rings (SSSR count). The molecule has 0 bridgehead atoms. The van der Waals surface area contributed by atoms with Gasteiger partial charge < -0.3 is 52.8 Å². The van der Waals surface area contributed by atoms with Crippen molar-refractivity contribution < 1.29 is 81.6 Å². The van der Waals surface area contributed by atoms with Gasteiger partial charge >= 0.3 is 35.8 Å². The second kappa shape index (κ2) is 22.4. The first-order valence-corrected chi connectivity index (χ1v) is 19.2. The highest BCUT2D eigenvalue weighted by atomic mass is 16.8.